The maximum absolute atomic E-state index is 12.6. The van der Waals surface area contributed by atoms with E-state index in [1.54, 1.807) is 44.4 Å². The minimum absolute atomic E-state index is 0.173. The predicted molar refractivity (Wildman–Crippen MR) is 115 cm³/mol. The standard InChI is InChI=1S/C20H23Cl2N3O4/c1-27-17-11-14(12-18(28-2)19(17)29-3)24-6-8-25(9-7-24)20(26)23-13-4-5-15(21)16(22)10-13/h4-5,10-12H,6-9H2,1-3H3,(H,23,26). The molecule has 29 heavy (non-hydrogen) atoms. The summed E-state index contributed by atoms with van der Waals surface area (Å²) in [6.45, 7) is 2.49. The van der Waals surface area contributed by atoms with Gasteiger partial charge in [0.15, 0.2) is 11.5 Å². The van der Waals surface area contributed by atoms with Gasteiger partial charge < -0.3 is 29.3 Å². The Hall–Kier alpha value is -2.51. The zero-order valence-corrected chi connectivity index (χ0v) is 18.0. The van der Waals surface area contributed by atoms with E-state index >= 15 is 0 Å². The number of methoxy groups -OCH3 is 3. The second kappa shape index (κ2) is 9.33. The Labute approximate surface area is 180 Å². The van der Waals surface area contributed by atoms with Gasteiger partial charge >= 0.3 is 6.03 Å². The molecule has 1 aliphatic heterocycles. The van der Waals surface area contributed by atoms with Crippen LogP contribution in [0.3, 0.4) is 0 Å². The van der Waals surface area contributed by atoms with Crippen LogP contribution in [0.1, 0.15) is 0 Å². The highest BCUT2D eigenvalue weighted by molar-refractivity contribution is 6.42. The number of halogens is 2. The summed E-state index contributed by atoms with van der Waals surface area (Å²) >= 11 is 11.9. The quantitative estimate of drug-likeness (QED) is 0.748. The Balaban J connectivity index is 1.65. The van der Waals surface area contributed by atoms with Gasteiger partial charge in [-0.25, -0.2) is 4.79 Å². The fourth-order valence-electron chi connectivity index (χ4n) is 3.19. The third-order valence-electron chi connectivity index (χ3n) is 4.75. The number of amides is 2. The summed E-state index contributed by atoms with van der Waals surface area (Å²) in [5, 5.41) is 3.70. The van der Waals surface area contributed by atoms with Gasteiger partial charge in [0.2, 0.25) is 5.75 Å². The second-order valence-electron chi connectivity index (χ2n) is 6.42. The number of urea groups is 1. The largest absolute Gasteiger partial charge is 0.493 e. The molecular weight excluding hydrogens is 417 g/mol. The van der Waals surface area contributed by atoms with E-state index in [9.17, 15) is 4.79 Å². The molecule has 2 amide bonds. The molecule has 2 aromatic rings. The van der Waals surface area contributed by atoms with Gasteiger partial charge in [0.25, 0.3) is 0 Å². The highest BCUT2D eigenvalue weighted by atomic mass is 35.5. The van der Waals surface area contributed by atoms with Gasteiger partial charge in [-0.1, -0.05) is 23.2 Å². The number of nitrogens with one attached hydrogen (secondary N) is 1. The van der Waals surface area contributed by atoms with Crippen LogP contribution in [0.4, 0.5) is 16.2 Å². The molecule has 156 valence electrons. The third kappa shape index (κ3) is 4.74. The molecule has 1 heterocycles. The minimum Gasteiger partial charge on any atom is -0.493 e. The number of hydrogen-bond acceptors (Lipinski definition) is 5. The van der Waals surface area contributed by atoms with Gasteiger partial charge in [-0.3, -0.25) is 0 Å². The molecule has 3 rings (SSSR count). The second-order valence-corrected chi connectivity index (χ2v) is 7.23. The van der Waals surface area contributed by atoms with E-state index in [2.05, 4.69) is 10.2 Å². The summed E-state index contributed by atoms with van der Waals surface area (Å²) in [6.07, 6.45) is 0. The smallest absolute Gasteiger partial charge is 0.321 e. The molecule has 1 N–H and O–H groups in total. The van der Waals surface area contributed by atoms with Gasteiger partial charge in [0.05, 0.1) is 31.4 Å². The van der Waals surface area contributed by atoms with Crippen LogP contribution in [0.5, 0.6) is 17.2 Å². The van der Waals surface area contributed by atoms with E-state index in [0.29, 0.717) is 59.2 Å². The number of benzene rings is 2. The van der Waals surface area contributed by atoms with Crippen LogP contribution in [0, 0.1) is 0 Å². The number of anilines is 2. The van der Waals surface area contributed by atoms with Crippen LogP contribution < -0.4 is 24.4 Å². The molecule has 0 bridgehead atoms. The van der Waals surface area contributed by atoms with Crippen LogP contribution >= 0.6 is 23.2 Å². The van der Waals surface area contributed by atoms with E-state index in [4.69, 9.17) is 37.4 Å². The molecule has 0 spiro atoms. The van der Waals surface area contributed by atoms with Gasteiger partial charge in [0, 0.05) is 49.7 Å². The molecule has 0 aliphatic carbocycles. The molecule has 0 atom stereocenters. The lowest BCUT2D eigenvalue weighted by Gasteiger charge is -2.36. The molecule has 2 aromatic carbocycles. The van der Waals surface area contributed by atoms with Crippen molar-refractivity contribution >= 4 is 40.6 Å². The van der Waals surface area contributed by atoms with Crippen LogP contribution in [0.15, 0.2) is 30.3 Å². The van der Waals surface area contributed by atoms with Crippen molar-refractivity contribution < 1.29 is 19.0 Å². The van der Waals surface area contributed by atoms with E-state index in [1.807, 2.05) is 12.1 Å². The van der Waals surface area contributed by atoms with Crippen molar-refractivity contribution in [2.75, 3.05) is 57.7 Å². The molecule has 0 saturated carbocycles. The maximum atomic E-state index is 12.6. The summed E-state index contributed by atoms with van der Waals surface area (Å²) in [5.41, 5.74) is 1.56. The Bertz CT molecular complexity index is 861. The number of carbonyl (C=O) groups excluding carboxylic acids is 1. The maximum Gasteiger partial charge on any atom is 0.321 e. The topological polar surface area (TPSA) is 63.3 Å². The van der Waals surface area contributed by atoms with Crippen LogP contribution in [-0.2, 0) is 0 Å². The Morgan fingerprint density at radius 2 is 1.52 bits per heavy atom. The number of ether oxygens (including phenoxy) is 3. The first-order valence-corrected chi connectivity index (χ1v) is 9.78. The molecular formula is C20H23Cl2N3O4. The first-order chi connectivity index (χ1) is 14.0. The lowest BCUT2D eigenvalue weighted by molar-refractivity contribution is 0.208. The first-order valence-electron chi connectivity index (χ1n) is 9.02. The number of nitrogens with zero attached hydrogens (tertiary/aromatic N) is 2. The summed E-state index contributed by atoms with van der Waals surface area (Å²) in [5.74, 6) is 1.75. The average molecular weight is 440 g/mol. The van der Waals surface area contributed by atoms with Crippen molar-refractivity contribution in [2.45, 2.75) is 0 Å². The van der Waals surface area contributed by atoms with Crippen LogP contribution in [0.25, 0.3) is 0 Å². The minimum atomic E-state index is -0.173. The van der Waals surface area contributed by atoms with Gasteiger partial charge in [0.1, 0.15) is 0 Å². The number of rotatable bonds is 5. The number of hydrogen-bond donors (Lipinski definition) is 1. The van der Waals surface area contributed by atoms with Gasteiger partial charge in [-0.2, -0.15) is 0 Å². The normalized spacial score (nSPS) is 13.8. The molecule has 0 aromatic heterocycles. The molecule has 0 radical (unpaired) electrons. The monoisotopic (exact) mass is 439 g/mol. The van der Waals surface area contributed by atoms with Crippen molar-refractivity contribution in [2.24, 2.45) is 0 Å². The fraction of sp³-hybridized carbons (Fsp3) is 0.350. The van der Waals surface area contributed by atoms with Crippen LogP contribution in [-0.4, -0.2) is 58.4 Å². The molecule has 0 unspecified atom stereocenters. The van der Waals surface area contributed by atoms with Crippen LogP contribution in [0.2, 0.25) is 10.0 Å². The van der Waals surface area contributed by atoms with Gasteiger partial charge in [-0.05, 0) is 18.2 Å². The summed E-state index contributed by atoms with van der Waals surface area (Å²) in [4.78, 5) is 16.5. The zero-order valence-electron chi connectivity index (χ0n) is 16.5. The summed E-state index contributed by atoms with van der Waals surface area (Å²) < 4.78 is 16.2. The lowest BCUT2D eigenvalue weighted by atomic mass is 10.2. The fourth-order valence-corrected chi connectivity index (χ4v) is 3.49. The van der Waals surface area contributed by atoms with E-state index < -0.39 is 0 Å². The summed E-state index contributed by atoms with van der Waals surface area (Å²) in [7, 11) is 4.75. The molecule has 1 saturated heterocycles. The van der Waals surface area contributed by atoms with E-state index in [1.165, 1.54) is 0 Å². The molecule has 1 aliphatic rings. The highest BCUT2D eigenvalue weighted by Gasteiger charge is 2.23. The van der Waals surface area contributed by atoms with Crippen molar-refractivity contribution in [3.8, 4) is 17.2 Å². The van der Waals surface area contributed by atoms with Crippen molar-refractivity contribution in [1.82, 2.24) is 4.90 Å². The van der Waals surface area contributed by atoms with E-state index in [-0.39, 0.29) is 6.03 Å². The van der Waals surface area contributed by atoms with Gasteiger partial charge in [-0.15, -0.1) is 0 Å². The lowest BCUT2D eigenvalue weighted by Crippen LogP contribution is -2.50. The highest BCUT2D eigenvalue weighted by Crippen LogP contribution is 2.41. The Morgan fingerprint density at radius 3 is 2.03 bits per heavy atom. The third-order valence-corrected chi connectivity index (χ3v) is 5.49. The SMILES string of the molecule is COc1cc(N2CCN(C(=O)Nc3ccc(Cl)c(Cl)c3)CC2)cc(OC)c1OC. The molecule has 7 nitrogen and oxygen atoms in total. The van der Waals surface area contributed by atoms with E-state index in [0.717, 1.165) is 5.69 Å². The van der Waals surface area contributed by atoms with Crippen molar-refractivity contribution in [1.29, 1.82) is 0 Å². The molecule has 1 fully saturated rings. The average Bonchev–Trinajstić information content (AvgIpc) is 2.75. The zero-order chi connectivity index (χ0) is 21.0. The Kier molecular flexibility index (Phi) is 6.82. The number of piperazine rings is 1. The number of carbonyl (C=O) groups is 1. The Morgan fingerprint density at radius 1 is 0.897 bits per heavy atom. The van der Waals surface area contributed by atoms with Crippen molar-refractivity contribution in [3.05, 3.63) is 40.4 Å². The molecule has 9 heteroatoms. The predicted octanol–water partition coefficient (Wildman–Crippen LogP) is 4.37. The summed E-state index contributed by atoms with van der Waals surface area (Å²) in [6, 6.07) is 8.65. The van der Waals surface area contributed by atoms with Crippen molar-refractivity contribution in [3.63, 3.8) is 0 Å². The first kappa shape index (κ1) is 21.2.